The van der Waals surface area contributed by atoms with E-state index in [0.717, 1.165) is 16.1 Å². The molecule has 2 rings (SSSR count). The van der Waals surface area contributed by atoms with Gasteiger partial charge in [0.2, 0.25) is 21.8 Å². The molecule has 0 saturated heterocycles. The van der Waals surface area contributed by atoms with Crippen LogP contribution >= 0.6 is 0 Å². The van der Waals surface area contributed by atoms with Gasteiger partial charge < -0.3 is 24.4 Å². The number of anilines is 1. The Morgan fingerprint density at radius 2 is 1.66 bits per heavy atom. The molecule has 0 radical (unpaired) electrons. The summed E-state index contributed by atoms with van der Waals surface area (Å²) in [5.41, 5.74) is 0.869. The average molecular weight is 508 g/mol. The quantitative estimate of drug-likeness (QED) is 0.468. The topological polar surface area (TPSA) is 114 Å². The minimum atomic E-state index is -3.91. The highest BCUT2D eigenvalue weighted by Gasteiger charge is 2.31. The van der Waals surface area contributed by atoms with E-state index in [1.807, 2.05) is 0 Å². The molecule has 0 fully saturated rings. The summed E-state index contributed by atoms with van der Waals surface area (Å²) in [6, 6.07) is 10.9. The summed E-state index contributed by atoms with van der Waals surface area (Å²) in [6.07, 6.45) is 0.999. The van der Waals surface area contributed by atoms with Crippen molar-refractivity contribution in [2.24, 2.45) is 0 Å². The summed E-state index contributed by atoms with van der Waals surface area (Å²) in [5.74, 6) is 0.320. The summed E-state index contributed by atoms with van der Waals surface area (Å²) in [7, 11) is 0.471. The van der Waals surface area contributed by atoms with Gasteiger partial charge in [-0.3, -0.25) is 13.9 Å². The molecule has 0 unspecified atom stereocenters. The summed E-state index contributed by atoms with van der Waals surface area (Å²) in [5, 5.41) is 2.71. The van der Waals surface area contributed by atoms with Gasteiger partial charge in [0.05, 0.1) is 33.3 Å². The number of carbonyl (C=O) groups excluding carboxylic acids is 2. The lowest BCUT2D eigenvalue weighted by molar-refractivity contribution is -0.139. The highest BCUT2D eigenvalue weighted by Crippen LogP contribution is 2.34. The van der Waals surface area contributed by atoms with Crippen molar-refractivity contribution in [3.8, 4) is 17.2 Å². The van der Waals surface area contributed by atoms with Gasteiger partial charge >= 0.3 is 0 Å². The van der Waals surface area contributed by atoms with E-state index in [2.05, 4.69) is 5.32 Å². The third-order valence-corrected chi connectivity index (χ3v) is 6.47. The Labute approximate surface area is 206 Å². The molecular formula is C24H33N3O7S. The van der Waals surface area contributed by atoms with E-state index in [-0.39, 0.29) is 23.9 Å². The summed E-state index contributed by atoms with van der Waals surface area (Å²) < 4.78 is 42.3. The first-order chi connectivity index (χ1) is 16.5. The summed E-state index contributed by atoms with van der Waals surface area (Å²) in [4.78, 5) is 27.6. The molecule has 2 amide bonds. The number of likely N-dealkylation sites (N-methyl/N-ethyl adjacent to an activating group) is 1. The van der Waals surface area contributed by atoms with Crippen LogP contribution in [0.4, 0.5) is 5.69 Å². The summed E-state index contributed by atoms with van der Waals surface area (Å²) >= 11 is 0. The fraction of sp³-hybridized carbons (Fsp3) is 0.417. The number of hydrogen-bond donors (Lipinski definition) is 1. The number of amides is 2. The number of benzene rings is 2. The number of ether oxygens (including phenoxy) is 3. The van der Waals surface area contributed by atoms with Crippen LogP contribution < -0.4 is 23.8 Å². The van der Waals surface area contributed by atoms with E-state index in [1.165, 1.54) is 32.3 Å². The molecule has 0 aliphatic carbocycles. The van der Waals surface area contributed by atoms with Crippen molar-refractivity contribution in [3.05, 3.63) is 48.0 Å². The molecule has 10 nitrogen and oxygen atoms in total. The van der Waals surface area contributed by atoms with Gasteiger partial charge in [0.1, 0.15) is 29.8 Å². The van der Waals surface area contributed by atoms with Crippen LogP contribution in [0.15, 0.2) is 42.5 Å². The molecule has 2 aromatic rings. The van der Waals surface area contributed by atoms with Gasteiger partial charge in [-0.15, -0.1) is 0 Å². The number of nitrogens with one attached hydrogen (secondary N) is 1. The van der Waals surface area contributed by atoms with Crippen molar-refractivity contribution in [1.29, 1.82) is 0 Å². The molecular weight excluding hydrogens is 474 g/mol. The third kappa shape index (κ3) is 7.25. The van der Waals surface area contributed by atoms with Crippen molar-refractivity contribution in [2.75, 3.05) is 45.0 Å². The lowest BCUT2D eigenvalue weighted by Gasteiger charge is -2.32. The van der Waals surface area contributed by atoms with Crippen LogP contribution in [0.5, 0.6) is 17.2 Å². The smallest absolute Gasteiger partial charge is 0.244 e. The highest BCUT2D eigenvalue weighted by atomic mass is 32.2. The van der Waals surface area contributed by atoms with Crippen molar-refractivity contribution < 1.29 is 32.2 Å². The van der Waals surface area contributed by atoms with Gasteiger partial charge in [-0.2, -0.15) is 0 Å². The molecule has 1 atom stereocenters. The van der Waals surface area contributed by atoms with Crippen molar-refractivity contribution in [3.63, 3.8) is 0 Å². The fourth-order valence-electron chi connectivity index (χ4n) is 3.46. The highest BCUT2D eigenvalue weighted by molar-refractivity contribution is 7.92. The second-order valence-electron chi connectivity index (χ2n) is 7.75. The third-order valence-electron chi connectivity index (χ3n) is 5.34. The maximum atomic E-state index is 13.6. The number of carbonyl (C=O) groups is 2. The lowest BCUT2D eigenvalue weighted by atomic mass is 10.1. The first-order valence-electron chi connectivity index (χ1n) is 11.0. The SMILES string of the molecule is CCNC(=O)[C@@H](C)N(Cc1cccc(OC)c1)C(=O)CN(c1cc(OC)ccc1OC)S(C)(=O)=O. The Hall–Kier alpha value is -3.47. The Morgan fingerprint density at radius 1 is 1.00 bits per heavy atom. The summed E-state index contributed by atoms with van der Waals surface area (Å²) in [6.45, 7) is 3.29. The fourth-order valence-corrected chi connectivity index (χ4v) is 4.30. The zero-order valence-electron chi connectivity index (χ0n) is 20.9. The van der Waals surface area contributed by atoms with Gasteiger partial charge in [0.25, 0.3) is 0 Å². The monoisotopic (exact) mass is 507 g/mol. The Balaban J connectivity index is 2.49. The van der Waals surface area contributed by atoms with Crippen LogP contribution in [0.2, 0.25) is 0 Å². The van der Waals surface area contributed by atoms with E-state index in [1.54, 1.807) is 50.2 Å². The molecule has 0 saturated carbocycles. The van der Waals surface area contributed by atoms with Crippen LogP contribution in [0.1, 0.15) is 19.4 Å². The van der Waals surface area contributed by atoms with Crippen molar-refractivity contribution in [2.45, 2.75) is 26.4 Å². The molecule has 35 heavy (non-hydrogen) atoms. The van der Waals surface area contributed by atoms with Gasteiger partial charge in [-0.05, 0) is 43.7 Å². The lowest BCUT2D eigenvalue weighted by Crippen LogP contribution is -2.51. The second-order valence-corrected chi connectivity index (χ2v) is 9.66. The van der Waals surface area contributed by atoms with Crippen molar-refractivity contribution >= 4 is 27.5 Å². The van der Waals surface area contributed by atoms with E-state index in [4.69, 9.17) is 14.2 Å². The molecule has 0 aliphatic heterocycles. The second kappa shape index (κ2) is 12.3. The number of rotatable bonds is 12. The molecule has 0 bridgehead atoms. The molecule has 2 aromatic carbocycles. The van der Waals surface area contributed by atoms with Crippen molar-refractivity contribution in [1.82, 2.24) is 10.2 Å². The molecule has 11 heteroatoms. The number of sulfonamides is 1. The molecule has 1 N–H and O–H groups in total. The largest absolute Gasteiger partial charge is 0.497 e. The van der Waals surface area contributed by atoms with E-state index >= 15 is 0 Å². The van der Waals surface area contributed by atoms with E-state index < -0.39 is 28.5 Å². The van der Waals surface area contributed by atoms with Crippen LogP contribution in [0.3, 0.4) is 0 Å². The first-order valence-corrected chi connectivity index (χ1v) is 12.8. The van der Waals surface area contributed by atoms with Crippen LogP contribution in [-0.4, -0.2) is 71.8 Å². The van der Waals surface area contributed by atoms with Gasteiger partial charge in [0.15, 0.2) is 0 Å². The molecule has 0 aromatic heterocycles. The Kier molecular flexibility index (Phi) is 9.76. The standard InChI is InChI=1S/C24H33N3O7S/c1-7-25-24(29)17(2)26(15-18-9-8-10-19(13-18)32-3)23(28)16-27(35(6,30)31)21-14-20(33-4)11-12-22(21)34-5/h8-14,17H,7,15-16H2,1-6H3,(H,25,29)/t17-/m1/s1. The van der Waals surface area contributed by atoms with Gasteiger partial charge in [-0.25, -0.2) is 8.42 Å². The minimum Gasteiger partial charge on any atom is -0.497 e. The predicted octanol–water partition coefficient (Wildman–Crippen LogP) is 2.03. The minimum absolute atomic E-state index is 0.0706. The maximum absolute atomic E-state index is 13.6. The predicted molar refractivity (Wildman–Crippen MR) is 133 cm³/mol. The first kappa shape index (κ1) is 27.8. The van der Waals surface area contributed by atoms with Crippen LogP contribution in [-0.2, 0) is 26.2 Å². The molecule has 0 aliphatic rings. The zero-order chi connectivity index (χ0) is 26.2. The Bertz CT molecular complexity index is 1140. The van der Waals surface area contributed by atoms with Crippen LogP contribution in [0, 0.1) is 0 Å². The average Bonchev–Trinajstić information content (AvgIpc) is 2.84. The van der Waals surface area contributed by atoms with Crippen LogP contribution in [0.25, 0.3) is 0 Å². The molecule has 192 valence electrons. The zero-order valence-corrected chi connectivity index (χ0v) is 21.7. The molecule has 0 heterocycles. The normalized spacial score (nSPS) is 11.8. The maximum Gasteiger partial charge on any atom is 0.244 e. The number of hydrogen-bond acceptors (Lipinski definition) is 7. The van der Waals surface area contributed by atoms with E-state index in [0.29, 0.717) is 18.0 Å². The van der Waals surface area contributed by atoms with E-state index in [9.17, 15) is 18.0 Å². The van der Waals surface area contributed by atoms with Gasteiger partial charge in [0, 0.05) is 19.2 Å². The van der Waals surface area contributed by atoms with Gasteiger partial charge in [-0.1, -0.05) is 12.1 Å². The number of methoxy groups -OCH3 is 3. The number of nitrogens with zero attached hydrogens (tertiary/aromatic N) is 2. The Morgan fingerprint density at radius 3 is 2.23 bits per heavy atom. The molecule has 0 spiro atoms.